The summed E-state index contributed by atoms with van der Waals surface area (Å²) in [5.41, 5.74) is 6.54. The normalized spacial score (nSPS) is 20.8. The fraction of sp³-hybridized carbons (Fsp3) is 0.462. The molecule has 1 saturated heterocycles. The number of rotatable bonds is 4. The van der Waals surface area contributed by atoms with Gasteiger partial charge in [-0.25, -0.2) is 4.79 Å². The molecule has 1 unspecified atom stereocenters. The van der Waals surface area contributed by atoms with E-state index in [1.807, 2.05) is 18.2 Å². The maximum atomic E-state index is 11.7. The number of hydrogen-bond donors (Lipinski definition) is 1. The Morgan fingerprint density at radius 2 is 2.11 bits per heavy atom. The topological polar surface area (TPSA) is 74.0 Å². The van der Waals surface area contributed by atoms with Crippen molar-refractivity contribution in [1.29, 1.82) is 0 Å². The summed E-state index contributed by atoms with van der Waals surface area (Å²) in [5, 5.41) is 0. The van der Waals surface area contributed by atoms with Gasteiger partial charge in [-0.05, 0) is 30.7 Å². The number of fused-ring (bicyclic) bond motifs is 1. The Balaban J connectivity index is 1.74. The van der Waals surface area contributed by atoms with Crippen LogP contribution in [0.3, 0.4) is 0 Å². The van der Waals surface area contributed by atoms with Crippen LogP contribution in [0.2, 0.25) is 0 Å². The van der Waals surface area contributed by atoms with Gasteiger partial charge in [0, 0.05) is 6.54 Å². The molecule has 0 saturated carbocycles. The van der Waals surface area contributed by atoms with Crippen LogP contribution in [0.4, 0.5) is 4.79 Å². The van der Waals surface area contributed by atoms with Crippen molar-refractivity contribution in [3.05, 3.63) is 23.8 Å². The minimum atomic E-state index is -0.281. The lowest BCUT2D eigenvalue weighted by atomic mass is 10.1. The predicted molar refractivity (Wildman–Crippen MR) is 66.9 cm³/mol. The van der Waals surface area contributed by atoms with Gasteiger partial charge in [0.05, 0.1) is 6.04 Å². The van der Waals surface area contributed by atoms with Gasteiger partial charge in [0.15, 0.2) is 11.5 Å². The molecule has 0 bridgehead atoms. The van der Waals surface area contributed by atoms with Crippen molar-refractivity contribution in [2.75, 3.05) is 19.9 Å². The number of ether oxygens (including phenoxy) is 3. The van der Waals surface area contributed by atoms with E-state index in [0.29, 0.717) is 19.7 Å². The molecule has 6 heteroatoms. The summed E-state index contributed by atoms with van der Waals surface area (Å²) < 4.78 is 15.7. The fourth-order valence-electron chi connectivity index (χ4n) is 2.35. The Labute approximate surface area is 111 Å². The number of nitrogens with zero attached hydrogens (tertiary/aromatic N) is 1. The van der Waals surface area contributed by atoms with Crippen LogP contribution in [-0.4, -0.2) is 37.0 Å². The van der Waals surface area contributed by atoms with Gasteiger partial charge >= 0.3 is 6.09 Å². The summed E-state index contributed by atoms with van der Waals surface area (Å²) in [4.78, 5) is 13.4. The average Bonchev–Trinajstić information content (AvgIpc) is 3.00. The quantitative estimate of drug-likeness (QED) is 0.881. The standard InChI is InChI=1S/C13H16N2O4/c14-4-3-10-7-17-13(16)15(10)6-9-1-2-11-12(5-9)19-8-18-11/h1-2,5,10H,3-4,6-8,14H2. The first-order valence-electron chi connectivity index (χ1n) is 6.30. The summed E-state index contributed by atoms with van der Waals surface area (Å²) in [5.74, 6) is 1.46. The summed E-state index contributed by atoms with van der Waals surface area (Å²) in [6.45, 7) is 1.71. The highest BCUT2D eigenvalue weighted by Gasteiger charge is 2.32. The molecule has 0 radical (unpaired) electrons. The third-order valence-corrected chi connectivity index (χ3v) is 3.36. The Hall–Kier alpha value is -1.95. The highest BCUT2D eigenvalue weighted by molar-refractivity contribution is 5.70. The summed E-state index contributed by atoms with van der Waals surface area (Å²) in [6, 6.07) is 5.74. The predicted octanol–water partition coefficient (Wildman–Crippen LogP) is 1.08. The van der Waals surface area contributed by atoms with Crippen LogP contribution in [0.25, 0.3) is 0 Å². The zero-order chi connectivity index (χ0) is 13.2. The molecule has 1 amide bonds. The second kappa shape index (κ2) is 4.97. The molecular formula is C13H16N2O4. The second-order valence-corrected chi connectivity index (χ2v) is 4.62. The molecule has 1 aromatic rings. The molecule has 2 aliphatic rings. The van der Waals surface area contributed by atoms with E-state index in [2.05, 4.69) is 0 Å². The molecule has 3 rings (SSSR count). The largest absolute Gasteiger partial charge is 0.454 e. The van der Waals surface area contributed by atoms with Crippen molar-refractivity contribution in [3.8, 4) is 11.5 Å². The zero-order valence-corrected chi connectivity index (χ0v) is 10.5. The van der Waals surface area contributed by atoms with Gasteiger partial charge in [0.1, 0.15) is 6.61 Å². The first-order chi connectivity index (χ1) is 9.28. The Morgan fingerprint density at radius 3 is 2.95 bits per heavy atom. The molecule has 0 aromatic heterocycles. The molecule has 19 heavy (non-hydrogen) atoms. The molecule has 102 valence electrons. The third kappa shape index (κ3) is 2.31. The SMILES string of the molecule is NCCC1COC(=O)N1Cc1ccc2c(c1)OCO2. The third-order valence-electron chi connectivity index (χ3n) is 3.36. The highest BCUT2D eigenvalue weighted by Crippen LogP contribution is 2.33. The molecule has 1 fully saturated rings. The van der Waals surface area contributed by atoms with Gasteiger partial charge in [-0.2, -0.15) is 0 Å². The summed E-state index contributed by atoms with van der Waals surface area (Å²) >= 11 is 0. The Bertz CT molecular complexity index is 492. The first-order valence-corrected chi connectivity index (χ1v) is 6.30. The highest BCUT2D eigenvalue weighted by atomic mass is 16.7. The van der Waals surface area contributed by atoms with Crippen molar-refractivity contribution >= 4 is 6.09 Å². The van der Waals surface area contributed by atoms with Crippen molar-refractivity contribution in [3.63, 3.8) is 0 Å². The van der Waals surface area contributed by atoms with Gasteiger partial charge in [-0.3, -0.25) is 4.90 Å². The number of amides is 1. The van der Waals surface area contributed by atoms with Crippen LogP contribution in [0.15, 0.2) is 18.2 Å². The molecule has 2 heterocycles. The average molecular weight is 264 g/mol. The molecule has 6 nitrogen and oxygen atoms in total. The molecular weight excluding hydrogens is 248 g/mol. The second-order valence-electron chi connectivity index (χ2n) is 4.62. The van der Waals surface area contributed by atoms with Crippen LogP contribution >= 0.6 is 0 Å². The van der Waals surface area contributed by atoms with Crippen molar-refractivity contribution in [1.82, 2.24) is 4.90 Å². The lowest BCUT2D eigenvalue weighted by Gasteiger charge is -2.20. The lowest BCUT2D eigenvalue weighted by molar-refractivity contribution is 0.156. The summed E-state index contributed by atoms with van der Waals surface area (Å²) in [7, 11) is 0. The van der Waals surface area contributed by atoms with E-state index in [9.17, 15) is 4.79 Å². The van der Waals surface area contributed by atoms with E-state index in [-0.39, 0.29) is 18.9 Å². The Morgan fingerprint density at radius 1 is 1.26 bits per heavy atom. The minimum absolute atomic E-state index is 0.0583. The molecule has 0 spiro atoms. The minimum Gasteiger partial charge on any atom is -0.454 e. The van der Waals surface area contributed by atoms with E-state index < -0.39 is 0 Å². The summed E-state index contributed by atoms with van der Waals surface area (Å²) in [6.07, 6.45) is 0.465. The monoisotopic (exact) mass is 264 g/mol. The van der Waals surface area contributed by atoms with E-state index in [4.69, 9.17) is 19.9 Å². The molecule has 2 aliphatic heterocycles. The fourth-order valence-corrected chi connectivity index (χ4v) is 2.35. The van der Waals surface area contributed by atoms with Crippen LogP contribution < -0.4 is 15.2 Å². The smallest absolute Gasteiger partial charge is 0.410 e. The lowest BCUT2D eigenvalue weighted by Crippen LogP contribution is -2.34. The number of carbonyl (C=O) groups excluding carboxylic acids is 1. The van der Waals surface area contributed by atoms with Crippen molar-refractivity contribution in [2.24, 2.45) is 5.73 Å². The van der Waals surface area contributed by atoms with Gasteiger partial charge < -0.3 is 19.9 Å². The number of hydrogen-bond acceptors (Lipinski definition) is 5. The van der Waals surface area contributed by atoms with Crippen LogP contribution in [0.1, 0.15) is 12.0 Å². The van der Waals surface area contributed by atoms with Gasteiger partial charge in [-0.15, -0.1) is 0 Å². The van der Waals surface area contributed by atoms with Crippen LogP contribution in [-0.2, 0) is 11.3 Å². The maximum Gasteiger partial charge on any atom is 0.410 e. The molecule has 2 N–H and O–H groups in total. The number of nitrogens with two attached hydrogens (primary N) is 1. The van der Waals surface area contributed by atoms with Gasteiger partial charge in [0.2, 0.25) is 6.79 Å². The van der Waals surface area contributed by atoms with Crippen molar-refractivity contribution < 1.29 is 19.0 Å². The van der Waals surface area contributed by atoms with Crippen molar-refractivity contribution in [2.45, 2.75) is 19.0 Å². The zero-order valence-electron chi connectivity index (χ0n) is 10.5. The van der Waals surface area contributed by atoms with Crippen LogP contribution in [0.5, 0.6) is 11.5 Å². The first kappa shape index (κ1) is 12.1. The van der Waals surface area contributed by atoms with E-state index in [1.54, 1.807) is 4.90 Å². The number of benzene rings is 1. The van der Waals surface area contributed by atoms with E-state index in [1.165, 1.54) is 0 Å². The van der Waals surface area contributed by atoms with Crippen LogP contribution in [0, 0.1) is 0 Å². The molecule has 1 aromatic carbocycles. The van der Waals surface area contributed by atoms with E-state index in [0.717, 1.165) is 23.5 Å². The number of carbonyl (C=O) groups is 1. The molecule has 1 atom stereocenters. The van der Waals surface area contributed by atoms with Gasteiger partial charge in [-0.1, -0.05) is 6.07 Å². The number of cyclic esters (lactones) is 1. The van der Waals surface area contributed by atoms with Gasteiger partial charge in [0.25, 0.3) is 0 Å². The molecule has 0 aliphatic carbocycles. The van der Waals surface area contributed by atoms with E-state index >= 15 is 0 Å². The maximum absolute atomic E-state index is 11.7. The Kier molecular flexibility index (Phi) is 3.16.